The van der Waals surface area contributed by atoms with Crippen LogP contribution < -0.4 is 0 Å². The second-order valence-electron chi connectivity index (χ2n) is 3.70. The fourth-order valence-electron chi connectivity index (χ4n) is 1.27. The van der Waals surface area contributed by atoms with Gasteiger partial charge in [0.1, 0.15) is 0 Å². The molecular formula is C12H14BrNO3. The Labute approximate surface area is 109 Å². The highest BCUT2D eigenvalue weighted by Crippen LogP contribution is 2.25. The molecule has 0 saturated heterocycles. The Morgan fingerprint density at radius 3 is 2.76 bits per heavy atom. The molecule has 1 unspecified atom stereocenters. The molecule has 17 heavy (non-hydrogen) atoms. The normalized spacial score (nSPS) is 11.7. The third-order valence-electron chi connectivity index (χ3n) is 2.32. The van der Waals surface area contributed by atoms with Crippen LogP contribution in [0, 0.1) is 0 Å². The van der Waals surface area contributed by atoms with E-state index in [1.807, 2.05) is 24.3 Å². The van der Waals surface area contributed by atoms with E-state index in [9.17, 15) is 9.59 Å². The molecule has 0 fully saturated rings. The molecule has 0 spiro atoms. The van der Waals surface area contributed by atoms with E-state index in [2.05, 4.69) is 15.9 Å². The lowest BCUT2D eigenvalue weighted by Gasteiger charge is -2.15. The first kappa shape index (κ1) is 13.7. The van der Waals surface area contributed by atoms with E-state index in [0.717, 1.165) is 10.0 Å². The number of esters is 1. The molecular weight excluding hydrogens is 286 g/mol. The lowest BCUT2D eigenvalue weighted by molar-refractivity contribution is -0.150. The minimum Gasteiger partial charge on any atom is -0.444 e. The van der Waals surface area contributed by atoms with Crippen molar-refractivity contribution in [2.75, 3.05) is 13.8 Å². The third-order valence-corrected chi connectivity index (χ3v) is 3.04. The monoisotopic (exact) mass is 299 g/mol. The van der Waals surface area contributed by atoms with Crippen LogP contribution in [0.2, 0.25) is 0 Å². The number of hydrogen-bond acceptors (Lipinski definition) is 3. The Hall–Kier alpha value is -1.36. The van der Waals surface area contributed by atoms with Crippen molar-refractivity contribution in [2.45, 2.75) is 12.8 Å². The van der Waals surface area contributed by atoms with E-state index in [4.69, 9.17) is 4.74 Å². The number of carbonyl (C=O) groups is 2. The van der Waals surface area contributed by atoms with Gasteiger partial charge in [-0.1, -0.05) is 34.1 Å². The molecule has 0 bridgehead atoms. The highest BCUT2D eigenvalue weighted by Gasteiger charge is 2.19. The highest BCUT2D eigenvalue weighted by atomic mass is 79.9. The number of amides is 1. The van der Waals surface area contributed by atoms with Crippen molar-refractivity contribution in [3.63, 3.8) is 0 Å². The fourth-order valence-corrected chi connectivity index (χ4v) is 1.90. The minimum atomic E-state index is -0.370. The van der Waals surface area contributed by atoms with Gasteiger partial charge in [0.05, 0.1) is 5.92 Å². The van der Waals surface area contributed by atoms with Crippen LogP contribution in [0.1, 0.15) is 18.4 Å². The predicted octanol–water partition coefficient (Wildman–Crippen LogP) is 2.14. The smallest absolute Gasteiger partial charge is 0.314 e. The average molecular weight is 300 g/mol. The van der Waals surface area contributed by atoms with Gasteiger partial charge < -0.3 is 9.64 Å². The number of rotatable bonds is 5. The van der Waals surface area contributed by atoms with Gasteiger partial charge in [0.15, 0.2) is 6.73 Å². The molecule has 1 aromatic carbocycles. The molecule has 0 saturated carbocycles. The first-order valence-electron chi connectivity index (χ1n) is 5.13. The third kappa shape index (κ3) is 3.85. The van der Waals surface area contributed by atoms with Crippen molar-refractivity contribution >= 4 is 28.3 Å². The first-order chi connectivity index (χ1) is 8.06. The maximum absolute atomic E-state index is 11.7. The van der Waals surface area contributed by atoms with Crippen molar-refractivity contribution in [1.82, 2.24) is 4.90 Å². The van der Waals surface area contributed by atoms with Crippen molar-refractivity contribution in [3.05, 3.63) is 34.3 Å². The van der Waals surface area contributed by atoms with Crippen molar-refractivity contribution in [3.8, 4) is 0 Å². The molecule has 4 nitrogen and oxygen atoms in total. The molecule has 1 amide bonds. The topological polar surface area (TPSA) is 46.6 Å². The van der Waals surface area contributed by atoms with Crippen LogP contribution in [0.3, 0.4) is 0 Å². The SMILES string of the molecule is CC(C(=O)OCN(C)C=O)c1ccccc1Br. The van der Waals surface area contributed by atoms with Gasteiger partial charge in [-0.3, -0.25) is 9.59 Å². The Bertz CT molecular complexity index is 408. The molecule has 0 aliphatic heterocycles. The van der Waals surface area contributed by atoms with E-state index in [-0.39, 0.29) is 18.6 Å². The second-order valence-corrected chi connectivity index (χ2v) is 4.55. The van der Waals surface area contributed by atoms with E-state index in [1.165, 1.54) is 4.90 Å². The lowest BCUT2D eigenvalue weighted by Crippen LogP contribution is -2.24. The molecule has 1 atom stereocenters. The Morgan fingerprint density at radius 2 is 2.18 bits per heavy atom. The summed E-state index contributed by atoms with van der Waals surface area (Å²) < 4.78 is 5.87. The van der Waals surface area contributed by atoms with Gasteiger partial charge in [-0.25, -0.2) is 0 Å². The average Bonchev–Trinajstić information content (AvgIpc) is 2.35. The summed E-state index contributed by atoms with van der Waals surface area (Å²) in [5.74, 6) is -0.726. The highest BCUT2D eigenvalue weighted by molar-refractivity contribution is 9.10. The summed E-state index contributed by atoms with van der Waals surface area (Å²) in [7, 11) is 1.55. The minimum absolute atomic E-state index is 0.0306. The van der Waals surface area contributed by atoms with E-state index >= 15 is 0 Å². The largest absolute Gasteiger partial charge is 0.444 e. The Balaban J connectivity index is 2.64. The molecule has 1 aromatic rings. The summed E-state index contributed by atoms with van der Waals surface area (Å²) in [6.45, 7) is 1.74. The summed E-state index contributed by atoms with van der Waals surface area (Å²) in [5, 5.41) is 0. The molecule has 0 N–H and O–H groups in total. The number of nitrogens with zero attached hydrogens (tertiary/aromatic N) is 1. The van der Waals surface area contributed by atoms with Crippen molar-refractivity contribution < 1.29 is 14.3 Å². The van der Waals surface area contributed by atoms with Crippen LogP contribution in [-0.2, 0) is 14.3 Å². The molecule has 5 heteroatoms. The second kappa shape index (κ2) is 6.39. The molecule has 0 radical (unpaired) electrons. The maximum Gasteiger partial charge on any atom is 0.314 e. The van der Waals surface area contributed by atoms with Crippen LogP contribution in [0.5, 0.6) is 0 Å². The van der Waals surface area contributed by atoms with E-state index < -0.39 is 0 Å². The lowest BCUT2D eigenvalue weighted by atomic mass is 10.0. The molecule has 0 aromatic heterocycles. The van der Waals surface area contributed by atoms with Gasteiger partial charge in [-0.2, -0.15) is 0 Å². The first-order valence-corrected chi connectivity index (χ1v) is 5.92. The summed E-state index contributed by atoms with van der Waals surface area (Å²) in [6, 6.07) is 7.48. The standard InChI is InChI=1S/C12H14BrNO3/c1-9(10-5-3-4-6-11(10)13)12(16)17-8-14(2)7-15/h3-7,9H,8H2,1-2H3. The molecule has 1 rings (SSSR count). The number of halogens is 1. The number of ether oxygens (including phenoxy) is 1. The van der Waals surface area contributed by atoms with Crippen molar-refractivity contribution in [1.29, 1.82) is 0 Å². The number of benzene rings is 1. The maximum atomic E-state index is 11.7. The predicted molar refractivity (Wildman–Crippen MR) is 67.3 cm³/mol. The molecule has 92 valence electrons. The van der Waals surface area contributed by atoms with Gasteiger partial charge >= 0.3 is 5.97 Å². The quantitative estimate of drug-likeness (QED) is 0.475. The van der Waals surface area contributed by atoms with Gasteiger partial charge in [0.25, 0.3) is 0 Å². The summed E-state index contributed by atoms with van der Waals surface area (Å²) >= 11 is 3.38. The van der Waals surface area contributed by atoms with Crippen LogP contribution >= 0.6 is 15.9 Å². The van der Waals surface area contributed by atoms with E-state index in [1.54, 1.807) is 14.0 Å². The van der Waals surface area contributed by atoms with Gasteiger partial charge in [0, 0.05) is 11.5 Å². The van der Waals surface area contributed by atoms with Crippen LogP contribution in [0.25, 0.3) is 0 Å². The fraction of sp³-hybridized carbons (Fsp3) is 0.333. The molecule has 0 heterocycles. The van der Waals surface area contributed by atoms with Crippen LogP contribution in [0.4, 0.5) is 0 Å². The molecule has 0 aliphatic carbocycles. The van der Waals surface area contributed by atoms with E-state index in [0.29, 0.717) is 6.41 Å². The summed E-state index contributed by atoms with van der Waals surface area (Å²) in [5.41, 5.74) is 0.867. The zero-order valence-corrected chi connectivity index (χ0v) is 11.3. The zero-order chi connectivity index (χ0) is 12.8. The van der Waals surface area contributed by atoms with Crippen LogP contribution in [0.15, 0.2) is 28.7 Å². The van der Waals surface area contributed by atoms with Gasteiger partial charge in [-0.15, -0.1) is 0 Å². The summed E-state index contributed by atoms with van der Waals surface area (Å²) in [4.78, 5) is 23.3. The van der Waals surface area contributed by atoms with Gasteiger partial charge in [0.2, 0.25) is 6.41 Å². The zero-order valence-electron chi connectivity index (χ0n) is 9.72. The van der Waals surface area contributed by atoms with Crippen molar-refractivity contribution in [2.24, 2.45) is 0 Å². The summed E-state index contributed by atoms with van der Waals surface area (Å²) in [6.07, 6.45) is 0.608. The molecule has 0 aliphatic rings. The van der Waals surface area contributed by atoms with Gasteiger partial charge in [-0.05, 0) is 18.6 Å². The number of carbonyl (C=O) groups excluding carboxylic acids is 2. The Kier molecular flexibility index (Phi) is 5.15. The number of hydrogen-bond donors (Lipinski definition) is 0. The van der Waals surface area contributed by atoms with Crippen LogP contribution in [-0.4, -0.2) is 31.1 Å². The Morgan fingerprint density at radius 1 is 1.53 bits per heavy atom.